The van der Waals surface area contributed by atoms with E-state index in [0.717, 1.165) is 5.56 Å². The minimum Gasteiger partial charge on any atom is -0.370 e. The topological polar surface area (TPSA) is 102 Å². The fourth-order valence-electron chi connectivity index (χ4n) is 1.97. The van der Waals surface area contributed by atoms with Crippen molar-refractivity contribution in [1.82, 2.24) is 9.88 Å². The van der Waals surface area contributed by atoms with Crippen molar-refractivity contribution < 1.29 is 9.59 Å². The Morgan fingerprint density at radius 3 is 2.48 bits per heavy atom. The lowest BCUT2D eigenvalue weighted by atomic mass is 10.2. The summed E-state index contributed by atoms with van der Waals surface area (Å²) < 4.78 is 0. The number of hydrogen-bond donors (Lipinski definition) is 2. The minimum absolute atomic E-state index is 0. The quantitative estimate of drug-likeness (QED) is 0.787. The van der Waals surface area contributed by atoms with Gasteiger partial charge in [-0.1, -0.05) is 30.3 Å². The number of primary amides is 1. The number of benzene rings is 1. The van der Waals surface area contributed by atoms with E-state index in [2.05, 4.69) is 4.98 Å². The van der Waals surface area contributed by atoms with Gasteiger partial charge in [-0.25, -0.2) is 4.98 Å². The zero-order valence-electron chi connectivity index (χ0n) is 12.5. The van der Waals surface area contributed by atoms with Gasteiger partial charge in [0, 0.05) is 31.4 Å². The first kappa shape index (κ1) is 19.1. The molecule has 1 aromatic heterocycles. The van der Waals surface area contributed by atoms with Crippen LogP contribution >= 0.6 is 23.7 Å². The molecule has 0 saturated carbocycles. The molecule has 2 aromatic rings. The van der Waals surface area contributed by atoms with Crippen molar-refractivity contribution in [3.05, 3.63) is 52.0 Å². The molecular formula is C15H19ClN4O2S. The molecule has 1 heterocycles. The van der Waals surface area contributed by atoms with E-state index >= 15 is 0 Å². The Labute approximate surface area is 144 Å². The summed E-state index contributed by atoms with van der Waals surface area (Å²) in [5.74, 6) is -0.659. The molecule has 0 spiro atoms. The van der Waals surface area contributed by atoms with Gasteiger partial charge in [-0.05, 0) is 5.56 Å². The second-order valence-corrected chi connectivity index (χ2v) is 5.70. The predicted molar refractivity (Wildman–Crippen MR) is 92.2 cm³/mol. The van der Waals surface area contributed by atoms with Crippen molar-refractivity contribution in [3.63, 3.8) is 0 Å². The molecule has 0 radical (unpaired) electrons. The van der Waals surface area contributed by atoms with Gasteiger partial charge in [0.25, 0.3) is 5.91 Å². The van der Waals surface area contributed by atoms with Crippen LogP contribution in [0.1, 0.15) is 27.5 Å². The lowest BCUT2D eigenvalue weighted by Crippen LogP contribution is -2.33. The summed E-state index contributed by atoms with van der Waals surface area (Å²) in [6, 6.07) is 9.57. The molecule has 0 fully saturated rings. The maximum absolute atomic E-state index is 12.6. The standard InChI is InChI=1S/C15H18N4O2S.ClH/c16-8-14-18-12(10-22-14)15(21)19(7-6-13(17)20)9-11-4-2-1-3-5-11;/h1-5,10H,6-9,16H2,(H2,17,20);1H. The number of nitrogens with two attached hydrogens (primary N) is 2. The minimum atomic E-state index is -0.438. The van der Waals surface area contributed by atoms with Crippen LogP contribution in [0, 0.1) is 0 Å². The highest BCUT2D eigenvalue weighted by atomic mass is 35.5. The van der Waals surface area contributed by atoms with Gasteiger partial charge in [-0.15, -0.1) is 23.7 Å². The third-order valence-corrected chi connectivity index (χ3v) is 3.95. The Bertz CT molecular complexity index is 648. The second kappa shape index (κ2) is 9.24. The van der Waals surface area contributed by atoms with E-state index < -0.39 is 5.91 Å². The number of aromatic nitrogens is 1. The molecule has 6 nitrogen and oxygen atoms in total. The first-order valence-electron chi connectivity index (χ1n) is 6.86. The summed E-state index contributed by atoms with van der Waals surface area (Å²) in [7, 11) is 0. The first-order chi connectivity index (χ1) is 10.6. The maximum Gasteiger partial charge on any atom is 0.273 e. The molecule has 0 aliphatic rings. The van der Waals surface area contributed by atoms with Crippen LogP contribution < -0.4 is 11.5 Å². The fourth-order valence-corrected chi connectivity index (χ4v) is 2.61. The number of rotatable bonds is 7. The smallest absolute Gasteiger partial charge is 0.273 e. The molecule has 0 aliphatic carbocycles. The molecule has 0 aliphatic heterocycles. The molecule has 1 aromatic carbocycles. The third-order valence-electron chi connectivity index (χ3n) is 3.08. The van der Waals surface area contributed by atoms with Crippen LogP contribution in [0.4, 0.5) is 0 Å². The summed E-state index contributed by atoms with van der Waals surface area (Å²) in [6.07, 6.45) is 0.118. The number of hydrogen-bond acceptors (Lipinski definition) is 5. The van der Waals surface area contributed by atoms with Crippen LogP contribution in [0.25, 0.3) is 0 Å². The first-order valence-corrected chi connectivity index (χ1v) is 7.74. The van der Waals surface area contributed by atoms with Gasteiger partial charge in [-0.2, -0.15) is 0 Å². The van der Waals surface area contributed by atoms with Gasteiger partial charge in [-0.3, -0.25) is 9.59 Å². The normalized spacial score (nSPS) is 9.96. The fraction of sp³-hybridized carbons (Fsp3) is 0.267. The Morgan fingerprint density at radius 2 is 1.91 bits per heavy atom. The highest BCUT2D eigenvalue weighted by molar-refractivity contribution is 7.09. The molecule has 23 heavy (non-hydrogen) atoms. The molecule has 0 unspecified atom stereocenters. The van der Waals surface area contributed by atoms with Crippen molar-refractivity contribution in [3.8, 4) is 0 Å². The largest absolute Gasteiger partial charge is 0.370 e. The average Bonchev–Trinajstić information content (AvgIpc) is 3.00. The van der Waals surface area contributed by atoms with Crippen molar-refractivity contribution in [2.45, 2.75) is 19.5 Å². The van der Waals surface area contributed by atoms with Crippen molar-refractivity contribution >= 4 is 35.6 Å². The number of halogens is 1. The molecular weight excluding hydrogens is 336 g/mol. The van der Waals surface area contributed by atoms with E-state index in [1.165, 1.54) is 11.3 Å². The molecule has 0 saturated heterocycles. The van der Waals surface area contributed by atoms with Gasteiger partial charge in [0.15, 0.2) is 0 Å². The van der Waals surface area contributed by atoms with Gasteiger partial charge < -0.3 is 16.4 Å². The predicted octanol–water partition coefficient (Wildman–Crippen LogP) is 1.54. The van der Waals surface area contributed by atoms with Gasteiger partial charge in [0.2, 0.25) is 5.91 Å². The van der Waals surface area contributed by atoms with Gasteiger partial charge in [0.1, 0.15) is 10.7 Å². The van der Waals surface area contributed by atoms with Crippen LogP contribution in [0.2, 0.25) is 0 Å². The molecule has 2 amide bonds. The lowest BCUT2D eigenvalue weighted by molar-refractivity contribution is -0.118. The van der Waals surface area contributed by atoms with Crippen LogP contribution in [-0.4, -0.2) is 28.2 Å². The van der Waals surface area contributed by atoms with Crippen LogP contribution in [0.15, 0.2) is 35.7 Å². The summed E-state index contributed by atoms with van der Waals surface area (Å²) >= 11 is 1.35. The van der Waals surface area contributed by atoms with E-state index in [-0.39, 0.29) is 31.3 Å². The second-order valence-electron chi connectivity index (χ2n) is 4.76. The summed E-state index contributed by atoms with van der Waals surface area (Å²) in [5.41, 5.74) is 12.0. The van der Waals surface area contributed by atoms with Crippen LogP contribution in [0.3, 0.4) is 0 Å². The van der Waals surface area contributed by atoms with Crippen molar-refractivity contribution in [2.24, 2.45) is 11.5 Å². The SMILES string of the molecule is Cl.NCc1nc(C(=O)N(CCC(N)=O)Cc2ccccc2)cs1. The highest BCUT2D eigenvalue weighted by Crippen LogP contribution is 2.14. The molecule has 0 bridgehead atoms. The zero-order valence-corrected chi connectivity index (χ0v) is 14.1. The Kier molecular flexibility index (Phi) is 7.67. The molecule has 8 heteroatoms. The van der Waals surface area contributed by atoms with E-state index in [1.54, 1.807) is 10.3 Å². The van der Waals surface area contributed by atoms with Gasteiger partial charge in [0.05, 0.1) is 0 Å². The third kappa shape index (κ3) is 5.63. The Balaban J connectivity index is 0.00000264. The Hall–Kier alpha value is -1.96. The molecule has 0 atom stereocenters. The number of thiazole rings is 1. The number of carbonyl (C=O) groups is 2. The molecule has 2 rings (SSSR count). The van der Waals surface area contributed by atoms with E-state index in [9.17, 15) is 9.59 Å². The van der Waals surface area contributed by atoms with Crippen molar-refractivity contribution in [1.29, 1.82) is 0 Å². The number of carbonyl (C=O) groups excluding carboxylic acids is 2. The zero-order chi connectivity index (χ0) is 15.9. The van der Waals surface area contributed by atoms with Crippen LogP contribution in [0.5, 0.6) is 0 Å². The number of amides is 2. The van der Waals surface area contributed by atoms with E-state index in [4.69, 9.17) is 11.5 Å². The summed E-state index contributed by atoms with van der Waals surface area (Å²) in [5, 5.41) is 2.39. The molecule has 124 valence electrons. The van der Waals surface area contributed by atoms with Crippen molar-refractivity contribution in [2.75, 3.05) is 6.54 Å². The van der Waals surface area contributed by atoms with Gasteiger partial charge >= 0.3 is 0 Å². The van der Waals surface area contributed by atoms with E-state index in [0.29, 0.717) is 23.8 Å². The average molecular weight is 355 g/mol. The number of nitrogens with zero attached hydrogens (tertiary/aromatic N) is 2. The lowest BCUT2D eigenvalue weighted by Gasteiger charge is -2.21. The summed E-state index contributed by atoms with van der Waals surface area (Å²) in [6.45, 7) is 0.971. The van der Waals surface area contributed by atoms with E-state index in [1.807, 2.05) is 30.3 Å². The van der Waals surface area contributed by atoms with Crippen LogP contribution in [-0.2, 0) is 17.9 Å². The summed E-state index contributed by atoms with van der Waals surface area (Å²) in [4.78, 5) is 29.4. The molecule has 4 N–H and O–H groups in total. The maximum atomic E-state index is 12.6. The monoisotopic (exact) mass is 354 g/mol. The Morgan fingerprint density at radius 1 is 1.22 bits per heavy atom. The highest BCUT2D eigenvalue weighted by Gasteiger charge is 2.19.